The summed E-state index contributed by atoms with van der Waals surface area (Å²) < 4.78 is 11.8. The standard InChI is InChI=1S/C22H40N2O3/c1-15(2)12-24(13-16(3)4)14-20-19(25)9-8-18(26-20)10-17-11-21(27-23-17)22(5,6)7/h11,15-16,18-20,25H,8-10,12-14H2,1-7H3. The second kappa shape index (κ2) is 9.53. The van der Waals surface area contributed by atoms with E-state index in [2.05, 4.69) is 58.5 Å². The lowest BCUT2D eigenvalue weighted by Gasteiger charge is -2.37. The molecule has 156 valence electrons. The summed E-state index contributed by atoms with van der Waals surface area (Å²) in [7, 11) is 0. The number of hydrogen-bond acceptors (Lipinski definition) is 5. The lowest BCUT2D eigenvalue weighted by Crippen LogP contribution is -2.48. The van der Waals surface area contributed by atoms with E-state index in [1.54, 1.807) is 0 Å². The Kier molecular flexibility index (Phi) is 7.90. The van der Waals surface area contributed by atoms with Gasteiger partial charge < -0.3 is 19.3 Å². The van der Waals surface area contributed by atoms with E-state index in [1.165, 1.54) is 0 Å². The minimum absolute atomic E-state index is 0.0361. The topological polar surface area (TPSA) is 58.7 Å². The van der Waals surface area contributed by atoms with Crippen molar-refractivity contribution >= 4 is 0 Å². The fraction of sp³-hybridized carbons (Fsp3) is 0.864. The van der Waals surface area contributed by atoms with Crippen molar-refractivity contribution in [1.82, 2.24) is 10.1 Å². The SMILES string of the molecule is CC(C)CN(CC(C)C)CC1OC(Cc2cc(C(C)(C)C)on2)CCC1O. The minimum Gasteiger partial charge on any atom is -0.390 e. The van der Waals surface area contributed by atoms with Gasteiger partial charge in [-0.2, -0.15) is 0 Å². The summed E-state index contributed by atoms with van der Waals surface area (Å²) in [5, 5.41) is 14.7. The van der Waals surface area contributed by atoms with E-state index in [9.17, 15) is 5.11 Å². The fourth-order valence-corrected chi connectivity index (χ4v) is 3.77. The van der Waals surface area contributed by atoms with Crippen molar-refractivity contribution in [2.45, 2.75) is 91.5 Å². The van der Waals surface area contributed by atoms with E-state index in [1.807, 2.05) is 6.07 Å². The van der Waals surface area contributed by atoms with Gasteiger partial charge in [-0.15, -0.1) is 0 Å². The number of hydrogen-bond donors (Lipinski definition) is 1. The molecule has 27 heavy (non-hydrogen) atoms. The van der Waals surface area contributed by atoms with Gasteiger partial charge in [0.15, 0.2) is 0 Å². The van der Waals surface area contributed by atoms with Gasteiger partial charge in [0.25, 0.3) is 0 Å². The smallest absolute Gasteiger partial charge is 0.142 e. The van der Waals surface area contributed by atoms with Gasteiger partial charge in [0.2, 0.25) is 0 Å². The first-order valence-corrected chi connectivity index (χ1v) is 10.6. The quantitative estimate of drug-likeness (QED) is 0.738. The first-order valence-electron chi connectivity index (χ1n) is 10.6. The highest BCUT2D eigenvalue weighted by molar-refractivity contribution is 5.13. The van der Waals surface area contributed by atoms with E-state index < -0.39 is 0 Å². The van der Waals surface area contributed by atoms with Crippen molar-refractivity contribution in [2.24, 2.45) is 11.8 Å². The lowest BCUT2D eigenvalue weighted by atomic mass is 9.92. The zero-order valence-corrected chi connectivity index (χ0v) is 18.4. The number of aliphatic hydroxyl groups is 1. The predicted octanol–water partition coefficient (Wildman–Crippen LogP) is 4.04. The van der Waals surface area contributed by atoms with Crippen LogP contribution in [0.15, 0.2) is 10.6 Å². The maximum absolute atomic E-state index is 10.5. The van der Waals surface area contributed by atoms with Gasteiger partial charge in [0.1, 0.15) is 5.76 Å². The monoisotopic (exact) mass is 380 g/mol. The molecule has 5 nitrogen and oxygen atoms in total. The molecule has 2 heterocycles. The zero-order chi connectivity index (χ0) is 20.2. The summed E-state index contributed by atoms with van der Waals surface area (Å²) >= 11 is 0. The molecule has 0 saturated carbocycles. The molecule has 1 aromatic rings. The molecule has 0 aliphatic carbocycles. The number of aliphatic hydroxyl groups excluding tert-OH is 1. The Balaban J connectivity index is 1.96. The van der Waals surface area contributed by atoms with Gasteiger partial charge in [-0.05, 0) is 24.7 Å². The summed E-state index contributed by atoms with van der Waals surface area (Å²) in [6.07, 6.45) is 1.98. The molecular weight excluding hydrogens is 340 g/mol. The van der Waals surface area contributed by atoms with Crippen molar-refractivity contribution in [2.75, 3.05) is 19.6 Å². The van der Waals surface area contributed by atoms with Gasteiger partial charge in [0, 0.05) is 37.5 Å². The van der Waals surface area contributed by atoms with Gasteiger partial charge in [0.05, 0.1) is 24.0 Å². The van der Waals surface area contributed by atoms with Gasteiger partial charge in [-0.1, -0.05) is 53.6 Å². The van der Waals surface area contributed by atoms with Crippen LogP contribution in [0.4, 0.5) is 0 Å². The Hall–Kier alpha value is -0.910. The van der Waals surface area contributed by atoms with E-state index >= 15 is 0 Å². The maximum atomic E-state index is 10.5. The van der Waals surface area contributed by atoms with Crippen LogP contribution in [-0.2, 0) is 16.6 Å². The van der Waals surface area contributed by atoms with Crippen molar-refractivity contribution in [1.29, 1.82) is 0 Å². The van der Waals surface area contributed by atoms with E-state index in [4.69, 9.17) is 9.26 Å². The first-order chi connectivity index (χ1) is 12.5. The van der Waals surface area contributed by atoms with Crippen LogP contribution in [0.25, 0.3) is 0 Å². The van der Waals surface area contributed by atoms with Gasteiger partial charge >= 0.3 is 0 Å². The Morgan fingerprint density at radius 3 is 2.30 bits per heavy atom. The summed E-state index contributed by atoms with van der Waals surface area (Å²) in [4.78, 5) is 2.44. The maximum Gasteiger partial charge on any atom is 0.142 e. The number of nitrogens with zero attached hydrogens (tertiary/aromatic N) is 2. The second-order valence-corrected chi connectivity index (χ2v) is 10.1. The van der Waals surface area contributed by atoms with E-state index in [0.717, 1.165) is 50.4 Å². The Labute approximate surface area is 165 Å². The molecule has 3 unspecified atom stereocenters. The fourth-order valence-electron chi connectivity index (χ4n) is 3.77. The normalized spacial score (nSPS) is 24.3. The Morgan fingerprint density at radius 2 is 1.78 bits per heavy atom. The molecule has 3 atom stereocenters. The zero-order valence-electron chi connectivity index (χ0n) is 18.4. The molecule has 1 aliphatic rings. The molecule has 0 amide bonds. The molecule has 5 heteroatoms. The largest absolute Gasteiger partial charge is 0.390 e. The molecule has 1 aliphatic heterocycles. The number of ether oxygens (including phenoxy) is 1. The van der Waals surface area contributed by atoms with Gasteiger partial charge in [-0.3, -0.25) is 0 Å². The molecule has 0 aromatic carbocycles. The summed E-state index contributed by atoms with van der Waals surface area (Å²) in [6, 6.07) is 2.05. The van der Waals surface area contributed by atoms with Crippen LogP contribution in [0.1, 0.15) is 72.8 Å². The van der Waals surface area contributed by atoms with Crippen LogP contribution in [0.3, 0.4) is 0 Å². The molecule has 0 spiro atoms. The third-order valence-electron chi connectivity index (χ3n) is 5.00. The van der Waals surface area contributed by atoms with Crippen LogP contribution in [0.5, 0.6) is 0 Å². The Bertz CT molecular complexity index is 552. The highest BCUT2D eigenvalue weighted by Crippen LogP contribution is 2.26. The van der Waals surface area contributed by atoms with Crippen LogP contribution in [0, 0.1) is 11.8 Å². The number of aromatic nitrogens is 1. The summed E-state index contributed by atoms with van der Waals surface area (Å²) in [5.41, 5.74) is 0.910. The third kappa shape index (κ3) is 7.20. The molecule has 2 rings (SSSR count). The third-order valence-corrected chi connectivity index (χ3v) is 5.00. The van der Waals surface area contributed by atoms with Crippen LogP contribution >= 0.6 is 0 Å². The van der Waals surface area contributed by atoms with Gasteiger partial charge in [-0.25, -0.2) is 0 Å². The molecule has 1 aromatic heterocycles. The summed E-state index contributed by atoms with van der Waals surface area (Å²) in [5.74, 6) is 2.11. The predicted molar refractivity (Wildman–Crippen MR) is 109 cm³/mol. The van der Waals surface area contributed by atoms with Crippen LogP contribution < -0.4 is 0 Å². The highest BCUT2D eigenvalue weighted by Gasteiger charge is 2.32. The second-order valence-electron chi connectivity index (χ2n) is 10.1. The molecular formula is C22H40N2O3. The van der Waals surface area contributed by atoms with E-state index in [-0.39, 0.29) is 23.7 Å². The molecule has 0 bridgehead atoms. The highest BCUT2D eigenvalue weighted by atomic mass is 16.5. The minimum atomic E-state index is -0.384. The van der Waals surface area contributed by atoms with Crippen LogP contribution in [0.2, 0.25) is 0 Å². The summed E-state index contributed by atoms with van der Waals surface area (Å²) in [6.45, 7) is 18.2. The molecule has 1 fully saturated rings. The molecule has 1 saturated heterocycles. The van der Waals surface area contributed by atoms with Crippen molar-refractivity contribution < 1.29 is 14.4 Å². The lowest BCUT2D eigenvalue weighted by molar-refractivity contribution is -0.127. The van der Waals surface area contributed by atoms with Crippen molar-refractivity contribution in [3.05, 3.63) is 17.5 Å². The van der Waals surface area contributed by atoms with Crippen molar-refractivity contribution in [3.63, 3.8) is 0 Å². The van der Waals surface area contributed by atoms with Crippen LogP contribution in [-0.4, -0.2) is 53.1 Å². The average Bonchev–Trinajstić information content (AvgIpc) is 2.98. The van der Waals surface area contributed by atoms with Crippen molar-refractivity contribution in [3.8, 4) is 0 Å². The first kappa shape index (κ1) is 22.4. The number of rotatable bonds is 8. The van der Waals surface area contributed by atoms with E-state index in [0.29, 0.717) is 11.8 Å². The molecule has 1 N–H and O–H groups in total. The Morgan fingerprint density at radius 1 is 1.15 bits per heavy atom. The average molecular weight is 381 g/mol. The molecule has 0 radical (unpaired) electrons.